The molecule has 0 N–H and O–H groups in total. The number of ketones is 2. The van der Waals surface area contributed by atoms with Crippen molar-refractivity contribution in [2.24, 2.45) is 0 Å². The fraction of sp³-hybridized carbons (Fsp3) is 0. The second kappa shape index (κ2) is 5.18. The van der Waals surface area contributed by atoms with Crippen LogP contribution < -0.4 is 0 Å². The summed E-state index contributed by atoms with van der Waals surface area (Å²) in [7, 11) is 0. The van der Waals surface area contributed by atoms with E-state index in [-0.39, 0.29) is 11.1 Å². The third kappa shape index (κ3) is 2.68. The maximum absolute atomic E-state index is 12.7. The van der Waals surface area contributed by atoms with Gasteiger partial charge in [0.1, 0.15) is 10.4 Å². The highest BCUT2D eigenvalue weighted by Gasteiger charge is 2.18. The molecule has 3 nitrogen and oxygen atoms in total. The zero-order chi connectivity index (χ0) is 13.1. The number of carbonyl (C=O) groups is 2. The summed E-state index contributed by atoms with van der Waals surface area (Å²) in [5.41, 5.74) is 0.403. The number of halogens is 2. The predicted octanol–water partition coefficient (Wildman–Crippen LogP) is 3.05. The largest absolute Gasteiger partial charge is 0.285 e. The van der Waals surface area contributed by atoms with Gasteiger partial charge >= 0.3 is 0 Å². The molecule has 5 heteroatoms. The molecule has 0 aliphatic rings. The summed E-state index contributed by atoms with van der Waals surface area (Å²) in [6.45, 7) is 0. The van der Waals surface area contributed by atoms with Gasteiger partial charge in [-0.05, 0) is 52.3 Å². The molecule has 18 heavy (non-hydrogen) atoms. The minimum Gasteiger partial charge on any atom is -0.285 e. The lowest BCUT2D eigenvalue weighted by molar-refractivity contribution is 0.0817. The van der Waals surface area contributed by atoms with Crippen LogP contribution in [0.1, 0.15) is 20.7 Å². The maximum atomic E-state index is 12.7. The Bertz CT molecular complexity index is 611. The highest BCUT2D eigenvalue weighted by atomic mass is 79.9. The van der Waals surface area contributed by atoms with Crippen molar-refractivity contribution in [1.29, 1.82) is 0 Å². The minimum atomic E-state index is -0.673. The average Bonchev–Trinajstić information content (AvgIpc) is 2.38. The van der Waals surface area contributed by atoms with Crippen molar-refractivity contribution in [2.75, 3.05) is 0 Å². The number of hydrogen-bond acceptors (Lipinski definition) is 3. The monoisotopic (exact) mass is 307 g/mol. The third-order valence-electron chi connectivity index (χ3n) is 2.30. The Hall–Kier alpha value is -1.88. The van der Waals surface area contributed by atoms with Crippen molar-refractivity contribution in [2.45, 2.75) is 0 Å². The highest BCUT2D eigenvalue weighted by molar-refractivity contribution is 9.10. The van der Waals surface area contributed by atoms with E-state index in [9.17, 15) is 14.0 Å². The molecule has 0 atom stereocenters. The van der Waals surface area contributed by atoms with Crippen molar-refractivity contribution in [3.05, 3.63) is 64.1 Å². The van der Waals surface area contributed by atoms with Crippen LogP contribution in [0.5, 0.6) is 0 Å². The summed E-state index contributed by atoms with van der Waals surface area (Å²) in [4.78, 5) is 27.6. The van der Waals surface area contributed by atoms with E-state index in [1.807, 2.05) is 0 Å². The van der Waals surface area contributed by atoms with Gasteiger partial charge in [0, 0.05) is 17.3 Å². The summed E-state index contributed by atoms with van der Waals surface area (Å²) >= 11 is 3.12. The van der Waals surface area contributed by atoms with Gasteiger partial charge < -0.3 is 0 Å². The van der Waals surface area contributed by atoms with Crippen LogP contribution >= 0.6 is 15.9 Å². The lowest BCUT2D eigenvalue weighted by Gasteiger charge is -2.01. The Morgan fingerprint density at radius 2 is 1.61 bits per heavy atom. The first-order valence-corrected chi connectivity index (χ1v) is 5.83. The summed E-state index contributed by atoms with van der Waals surface area (Å²) in [5.74, 6) is -1.77. The van der Waals surface area contributed by atoms with Gasteiger partial charge in [-0.25, -0.2) is 9.37 Å². The molecule has 0 bridgehead atoms. The van der Waals surface area contributed by atoms with E-state index in [2.05, 4.69) is 20.9 Å². The maximum Gasteiger partial charge on any atom is 0.233 e. The van der Waals surface area contributed by atoms with Gasteiger partial charge in [0.05, 0.1) is 0 Å². The quantitative estimate of drug-likeness (QED) is 0.497. The first kappa shape index (κ1) is 12.6. The molecule has 0 amide bonds. The second-order valence-electron chi connectivity index (χ2n) is 3.53. The zero-order valence-corrected chi connectivity index (χ0v) is 10.6. The predicted molar refractivity (Wildman–Crippen MR) is 67.0 cm³/mol. The molecule has 0 unspecified atom stereocenters. The van der Waals surface area contributed by atoms with E-state index in [0.29, 0.717) is 4.60 Å². The topological polar surface area (TPSA) is 47.0 Å². The number of rotatable bonds is 3. The van der Waals surface area contributed by atoms with E-state index in [4.69, 9.17) is 0 Å². The van der Waals surface area contributed by atoms with Gasteiger partial charge in [-0.15, -0.1) is 0 Å². The van der Waals surface area contributed by atoms with Gasteiger partial charge in [-0.2, -0.15) is 0 Å². The van der Waals surface area contributed by atoms with Gasteiger partial charge in [0.25, 0.3) is 0 Å². The number of pyridine rings is 1. The molecule has 2 rings (SSSR count). The summed E-state index contributed by atoms with van der Waals surface area (Å²) < 4.78 is 13.2. The van der Waals surface area contributed by atoms with Crippen molar-refractivity contribution in [3.63, 3.8) is 0 Å². The number of benzene rings is 1. The first-order valence-electron chi connectivity index (χ1n) is 5.04. The van der Waals surface area contributed by atoms with Crippen LogP contribution in [0.2, 0.25) is 0 Å². The van der Waals surface area contributed by atoms with Crippen molar-refractivity contribution < 1.29 is 14.0 Å². The zero-order valence-electron chi connectivity index (χ0n) is 9.06. The van der Waals surface area contributed by atoms with Gasteiger partial charge in [-0.1, -0.05) is 0 Å². The van der Waals surface area contributed by atoms with E-state index in [1.54, 1.807) is 0 Å². The lowest BCUT2D eigenvalue weighted by Crippen LogP contribution is -2.14. The van der Waals surface area contributed by atoms with Crippen LogP contribution in [0.3, 0.4) is 0 Å². The molecule has 0 saturated heterocycles. The molecule has 0 fully saturated rings. The van der Waals surface area contributed by atoms with Crippen LogP contribution in [-0.4, -0.2) is 16.6 Å². The first-order chi connectivity index (χ1) is 8.58. The van der Waals surface area contributed by atoms with E-state index in [0.717, 1.165) is 12.1 Å². The number of Topliss-reactive ketones (excluding diaryl/α,β-unsaturated/α-hetero) is 2. The second-order valence-corrected chi connectivity index (χ2v) is 4.34. The molecule has 90 valence electrons. The lowest BCUT2D eigenvalue weighted by atomic mass is 10.0. The summed E-state index contributed by atoms with van der Waals surface area (Å²) in [6.07, 6.45) is 1.43. The summed E-state index contributed by atoms with van der Waals surface area (Å²) in [5, 5.41) is 0. The minimum absolute atomic E-state index is 0.161. The molecule has 2 aromatic rings. The SMILES string of the molecule is O=C(C(=O)c1ccnc(Br)c1)c1ccc(F)cc1. The van der Waals surface area contributed by atoms with Crippen molar-refractivity contribution in [3.8, 4) is 0 Å². The molecule has 0 aliphatic heterocycles. The van der Waals surface area contributed by atoms with Crippen LogP contribution in [0.4, 0.5) is 4.39 Å². The molecule has 0 saturated carbocycles. The highest BCUT2D eigenvalue weighted by Crippen LogP contribution is 2.12. The average molecular weight is 308 g/mol. The third-order valence-corrected chi connectivity index (χ3v) is 2.74. The number of hydrogen-bond donors (Lipinski definition) is 0. The number of aromatic nitrogens is 1. The molecule has 0 spiro atoms. The smallest absolute Gasteiger partial charge is 0.233 e. The molecule has 1 heterocycles. The number of nitrogens with zero attached hydrogens (tertiary/aromatic N) is 1. The standard InChI is InChI=1S/C13H7BrFNO2/c14-11-7-9(5-6-16-11)13(18)12(17)8-1-3-10(15)4-2-8/h1-7H. The van der Waals surface area contributed by atoms with E-state index < -0.39 is 17.4 Å². The molecule has 1 aromatic carbocycles. The van der Waals surface area contributed by atoms with Gasteiger partial charge in [0.15, 0.2) is 0 Å². The Balaban J connectivity index is 2.29. The molecular weight excluding hydrogens is 301 g/mol. The van der Waals surface area contributed by atoms with E-state index in [1.165, 1.54) is 30.5 Å². The molecule has 0 radical (unpaired) electrons. The molecular formula is C13H7BrFNO2. The van der Waals surface area contributed by atoms with Crippen LogP contribution in [-0.2, 0) is 0 Å². The van der Waals surface area contributed by atoms with Crippen LogP contribution in [0.25, 0.3) is 0 Å². The van der Waals surface area contributed by atoms with Crippen LogP contribution in [0.15, 0.2) is 47.2 Å². The van der Waals surface area contributed by atoms with Crippen molar-refractivity contribution in [1.82, 2.24) is 4.98 Å². The Kier molecular flexibility index (Phi) is 3.62. The van der Waals surface area contributed by atoms with E-state index >= 15 is 0 Å². The molecule has 0 aliphatic carbocycles. The Morgan fingerprint density at radius 3 is 2.22 bits per heavy atom. The number of carbonyl (C=O) groups excluding carboxylic acids is 2. The van der Waals surface area contributed by atoms with Gasteiger partial charge in [-0.3, -0.25) is 9.59 Å². The van der Waals surface area contributed by atoms with Crippen molar-refractivity contribution >= 4 is 27.5 Å². The fourth-order valence-corrected chi connectivity index (χ4v) is 1.77. The fourth-order valence-electron chi connectivity index (χ4n) is 1.41. The molecule has 1 aromatic heterocycles. The Labute approximate surface area is 111 Å². The normalized spacial score (nSPS) is 10.1. The Morgan fingerprint density at radius 1 is 1.00 bits per heavy atom. The van der Waals surface area contributed by atoms with Gasteiger partial charge in [0.2, 0.25) is 11.6 Å². The summed E-state index contributed by atoms with van der Waals surface area (Å²) in [6, 6.07) is 7.77. The van der Waals surface area contributed by atoms with Crippen LogP contribution in [0, 0.1) is 5.82 Å².